The van der Waals surface area contributed by atoms with E-state index in [4.69, 9.17) is 5.11 Å². The van der Waals surface area contributed by atoms with E-state index in [2.05, 4.69) is 4.98 Å². The van der Waals surface area contributed by atoms with Crippen molar-refractivity contribution in [2.24, 2.45) is 5.92 Å². The monoisotopic (exact) mass is 244 g/mol. The average molecular weight is 244 g/mol. The van der Waals surface area contributed by atoms with Crippen LogP contribution in [0.25, 0.3) is 11.0 Å². The standard InChI is InChI=1S/C14H16N2O2/c17-14(18)9-16-12-7-2-1-6-11(12)15-13(16)8-10-4-3-5-10/h1-2,6-7,10H,3-5,8-9H2,(H,17,18). The molecule has 1 fully saturated rings. The molecule has 94 valence electrons. The van der Waals surface area contributed by atoms with Crippen molar-refractivity contribution in [1.29, 1.82) is 0 Å². The number of para-hydroxylation sites is 2. The van der Waals surface area contributed by atoms with Crippen LogP contribution in [0.2, 0.25) is 0 Å². The van der Waals surface area contributed by atoms with Crippen LogP contribution < -0.4 is 0 Å². The lowest BCUT2D eigenvalue weighted by molar-refractivity contribution is -0.137. The number of carboxylic acids is 1. The van der Waals surface area contributed by atoms with E-state index < -0.39 is 5.97 Å². The van der Waals surface area contributed by atoms with E-state index in [1.54, 1.807) is 0 Å². The molecular formula is C14H16N2O2. The Morgan fingerprint density at radius 1 is 1.39 bits per heavy atom. The Labute approximate surface area is 105 Å². The molecule has 1 aromatic heterocycles. The minimum atomic E-state index is -0.812. The summed E-state index contributed by atoms with van der Waals surface area (Å²) in [4.78, 5) is 15.6. The second-order valence-electron chi connectivity index (χ2n) is 5.00. The van der Waals surface area contributed by atoms with Crippen molar-refractivity contribution in [3.8, 4) is 0 Å². The zero-order valence-electron chi connectivity index (χ0n) is 10.2. The molecule has 1 aromatic carbocycles. The van der Waals surface area contributed by atoms with E-state index in [9.17, 15) is 4.79 Å². The van der Waals surface area contributed by atoms with E-state index in [1.807, 2.05) is 28.8 Å². The van der Waals surface area contributed by atoms with Gasteiger partial charge < -0.3 is 9.67 Å². The van der Waals surface area contributed by atoms with Gasteiger partial charge >= 0.3 is 5.97 Å². The quantitative estimate of drug-likeness (QED) is 0.898. The Balaban J connectivity index is 2.01. The molecule has 4 nitrogen and oxygen atoms in total. The maximum Gasteiger partial charge on any atom is 0.323 e. The van der Waals surface area contributed by atoms with Gasteiger partial charge in [-0.2, -0.15) is 0 Å². The Hall–Kier alpha value is -1.84. The summed E-state index contributed by atoms with van der Waals surface area (Å²) in [6, 6.07) is 7.75. The van der Waals surface area contributed by atoms with Crippen LogP contribution in [0, 0.1) is 5.92 Å². The highest BCUT2D eigenvalue weighted by Crippen LogP contribution is 2.30. The fraction of sp³-hybridized carbons (Fsp3) is 0.429. The smallest absolute Gasteiger partial charge is 0.323 e. The average Bonchev–Trinajstić information content (AvgIpc) is 2.62. The third kappa shape index (κ3) is 1.98. The van der Waals surface area contributed by atoms with Crippen LogP contribution in [0.15, 0.2) is 24.3 Å². The summed E-state index contributed by atoms with van der Waals surface area (Å²) in [5.74, 6) is 0.797. The van der Waals surface area contributed by atoms with Crippen LogP contribution in [0.1, 0.15) is 25.1 Å². The Kier molecular flexibility index (Phi) is 2.78. The minimum Gasteiger partial charge on any atom is -0.480 e. The molecule has 0 atom stereocenters. The largest absolute Gasteiger partial charge is 0.480 e. The van der Waals surface area contributed by atoms with Crippen molar-refractivity contribution in [2.45, 2.75) is 32.2 Å². The number of rotatable bonds is 4. The Bertz CT molecular complexity index is 584. The first kappa shape index (κ1) is 11.3. The molecule has 4 heteroatoms. The van der Waals surface area contributed by atoms with Crippen LogP contribution in [0.4, 0.5) is 0 Å². The van der Waals surface area contributed by atoms with E-state index in [0.717, 1.165) is 23.3 Å². The number of fused-ring (bicyclic) bond motifs is 1. The van der Waals surface area contributed by atoms with Crippen molar-refractivity contribution < 1.29 is 9.90 Å². The molecule has 0 radical (unpaired) electrons. The van der Waals surface area contributed by atoms with Crippen LogP contribution in [0.3, 0.4) is 0 Å². The molecule has 0 unspecified atom stereocenters. The van der Waals surface area contributed by atoms with Crippen LogP contribution in [0.5, 0.6) is 0 Å². The van der Waals surface area contributed by atoms with E-state index in [-0.39, 0.29) is 6.54 Å². The number of aliphatic carboxylic acids is 1. The van der Waals surface area contributed by atoms with Gasteiger partial charge in [-0.3, -0.25) is 4.79 Å². The lowest BCUT2D eigenvalue weighted by atomic mass is 9.83. The summed E-state index contributed by atoms with van der Waals surface area (Å²) >= 11 is 0. The molecule has 1 N–H and O–H groups in total. The SMILES string of the molecule is O=C(O)Cn1c(CC2CCC2)nc2ccccc21. The topological polar surface area (TPSA) is 55.1 Å². The second-order valence-corrected chi connectivity index (χ2v) is 5.00. The third-order valence-electron chi connectivity index (χ3n) is 3.72. The maximum absolute atomic E-state index is 11.0. The molecule has 0 saturated heterocycles. The van der Waals surface area contributed by atoms with Gasteiger partial charge in [0.15, 0.2) is 0 Å². The van der Waals surface area contributed by atoms with Crippen LogP contribution >= 0.6 is 0 Å². The molecule has 1 aliphatic carbocycles. The molecule has 3 rings (SSSR count). The van der Waals surface area contributed by atoms with Crippen molar-refractivity contribution in [3.63, 3.8) is 0 Å². The second kappa shape index (κ2) is 4.44. The zero-order chi connectivity index (χ0) is 12.5. The number of carbonyl (C=O) groups is 1. The van der Waals surface area contributed by atoms with E-state index in [0.29, 0.717) is 5.92 Å². The summed E-state index contributed by atoms with van der Waals surface area (Å²) < 4.78 is 1.84. The van der Waals surface area contributed by atoms with Gasteiger partial charge in [-0.25, -0.2) is 4.98 Å². The first-order valence-electron chi connectivity index (χ1n) is 6.40. The molecule has 0 spiro atoms. The highest BCUT2D eigenvalue weighted by Gasteiger charge is 2.22. The van der Waals surface area contributed by atoms with Gasteiger partial charge in [0.2, 0.25) is 0 Å². The number of benzene rings is 1. The number of imidazole rings is 1. The normalized spacial score (nSPS) is 15.8. The predicted octanol–water partition coefficient (Wildman–Crippen LogP) is 2.46. The molecule has 1 heterocycles. The minimum absolute atomic E-state index is 0.00255. The van der Waals surface area contributed by atoms with Crippen molar-refractivity contribution in [2.75, 3.05) is 0 Å². The van der Waals surface area contributed by atoms with Gasteiger partial charge in [-0.05, 0) is 18.1 Å². The molecule has 1 saturated carbocycles. The highest BCUT2D eigenvalue weighted by molar-refractivity contribution is 5.78. The summed E-state index contributed by atoms with van der Waals surface area (Å²) in [5.41, 5.74) is 1.82. The molecular weight excluding hydrogens is 228 g/mol. The van der Waals surface area contributed by atoms with Crippen molar-refractivity contribution >= 4 is 17.0 Å². The summed E-state index contributed by atoms with van der Waals surface area (Å²) in [6.07, 6.45) is 4.69. The number of carboxylic acid groups (broad SMARTS) is 1. The van der Waals surface area contributed by atoms with Gasteiger partial charge in [-0.1, -0.05) is 31.4 Å². The number of nitrogens with zero attached hydrogens (tertiary/aromatic N) is 2. The molecule has 0 aliphatic heterocycles. The lowest BCUT2D eigenvalue weighted by Crippen LogP contribution is -2.18. The molecule has 0 amide bonds. The van der Waals surface area contributed by atoms with Crippen molar-refractivity contribution in [1.82, 2.24) is 9.55 Å². The fourth-order valence-corrected chi connectivity index (χ4v) is 2.55. The lowest BCUT2D eigenvalue weighted by Gasteiger charge is -2.24. The van der Waals surface area contributed by atoms with E-state index in [1.165, 1.54) is 19.3 Å². The van der Waals surface area contributed by atoms with Crippen LogP contribution in [-0.2, 0) is 17.8 Å². The van der Waals surface area contributed by atoms with E-state index >= 15 is 0 Å². The summed E-state index contributed by atoms with van der Waals surface area (Å²) in [7, 11) is 0. The number of hydrogen-bond acceptors (Lipinski definition) is 2. The number of hydrogen-bond donors (Lipinski definition) is 1. The first-order valence-corrected chi connectivity index (χ1v) is 6.40. The first-order chi connectivity index (χ1) is 8.74. The molecule has 2 aromatic rings. The summed E-state index contributed by atoms with van der Waals surface area (Å²) in [6.45, 7) is 0.00255. The predicted molar refractivity (Wildman–Crippen MR) is 68.4 cm³/mol. The molecule has 18 heavy (non-hydrogen) atoms. The van der Waals surface area contributed by atoms with Gasteiger partial charge in [0.25, 0.3) is 0 Å². The zero-order valence-corrected chi connectivity index (χ0v) is 10.2. The van der Waals surface area contributed by atoms with Crippen molar-refractivity contribution in [3.05, 3.63) is 30.1 Å². The fourth-order valence-electron chi connectivity index (χ4n) is 2.55. The highest BCUT2D eigenvalue weighted by atomic mass is 16.4. The Morgan fingerprint density at radius 3 is 2.83 bits per heavy atom. The molecule has 0 bridgehead atoms. The Morgan fingerprint density at radius 2 is 2.17 bits per heavy atom. The summed E-state index contributed by atoms with van der Waals surface area (Å²) in [5, 5.41) is 9.03. The molecule has 1 aliphatic rings. The van der Waals surface area contributed by atoms with Crippen LogP contribution in [-0.4, -0.2) is 20.6 Å². The van der Waals surface area contributed by atoms with Gasteiger partial charge in [0.05, 0.1) is 11.0 Å². The maximum atomic E-state index is 11.0. The third-order valence-corrected chi connectivity index (χ3v) is 3.72. The van der Waals surface area contributed by atoms with Gasteiger partial charge in [0.1, 0.15) is 12.4 Å². The van der Waals surface area contributed by atoms with Gasteiger partial charge in [-0.15, -0.1) is 0 Å². The number of aromatic nitrogens is 2. The van der Waals surface area contributed by atoms with Gasteiger partial charge in [0, 0.05) is 6.42 Å².